The second-order valence-electron chi connectivity index (χ2n) is 6.04. The molecule has 4 nitrogen and oxygen atoms in total. The highest BCUT2D eigenvalue weighted by Crippen LogP contribution is 2.32. The molecule has 0 aliphatic carbocycles. The number of benzene rings is 1. The van der Waals surface area contributed by atoms with Gasteiger partial charge in [-0.3, -0.25) is 0 Å². The summed E-state index contributed by atoms with van der Waals surface area (Å²) >= 11 is 0. The maximum absolute atomic E-state index is 10.2. The van der Waals surface area contributed by atoms with E-state index in [2.05, 4.69) is 17.1 Å². The predicted molar refractivity (Wildman–Crippen MR) is 82.3 cm³/mol. The highest BCUT2D eigenvalue weighted by atomic mass is 16.3. The molecule has 0 aromatic heterocycles. The molecule has 1 aliphatic heterocycles. The van der Waals surface area contributed by atoms with E-state index in [1.807, 2.05) is 32.0 Å². The molecule has 1 heterocycles. The van der Waals surface area contributed by atoms with Crippen LogP contribution in [0.1, 0.15) is 45.2 Å². The number of aliphatic hydroxyl groups is 1. The molecule has 1 fully saturated rings. The summed E-state index contributed by atoms with van der Waals surface area (Å²) in [6, 6.07) is 5.95. The van der Waals surface area contributed by atoms with E-state index in [1.165, 1.54) is 0 Å². The molecule has 20 heavy (non-hydrogen) atoms. The van der Waals surface area contributed by atoms with Crippen LogP contribution in [0.25, 0.3) is 0 Å². The Morgan fingerprint density at radius 2 is 2.20 bits per heavy atom. The molecule has 1 saturated heterocycles. The molecule has 0 bridgehead atoms. The molecule has 0 saturated carbocycles. The Kier molecular flexibility index (Phi) is 4.55. The zero-order valence-corrected chi connectivity index (χ0v) is 12.7. The van der Waals surface area contributed by atoms with Gasteiger partial charge in [0.15, 0.2) is 0 Å². The van der Waals surface area contributed by atoms with Gasteiger partial charge in [0.2, 0.25) is 0 Å². The number of nitrogens with one attached hydrogen (secondary N) is 1. The molecule has 0 amide bonds. The number of phenols is 1. The third-order valence-electron chi connectivity index (χ3n) is 4.03. The second-order valence-corrected chi connectivity index (χ2v) is 6.04. The van der Waals surface area contributed by atoms with Crippen LogP contribution in [-0.4, -0.2) is 35.4 Å². The summed E-state index contributed by atoms with van der Waals surface area (Å²) < 4.78 is 0. The molecule has 1 aromatic rings. The van der Waals surface area contributed by atoms with E-state index in [1.54, 1.807) is 0 Å². The van der Waals surface area contributed by atoms with E-state index in [0.717, 1.165) is 37.2 Å². The fourth-order valence-electron chi connectivity index (χ4n) is 2.95. The van der Waals surface area contributed by atoms with Crippen molar-refractivity contribution >= 4 is 5.69 Å². The lowest BCUT2D eigenvalue weighted by molar-refractivity contribution is 0.0449. The van der Waals surface area contributed by atoms with Gasteiger partial charge < -0.3 is 20.4 Å². The molecule has 1 aromatic carbocycles. The molecule has 1 aliphatic rings. The third kappa shape index (κ3) is 3.44. The van der Waals surface area contributed by atoms with Crippen LogP contribution in [0.15, 0.2) is 18.2 Å². The van der Waals surface area contributed by atoms with Gasteiger partial charge in [0.1, 0.15) is 5.75 Å². The van der Waals surface area contributed by atoms with Gasteiger partial charge in [0.05, 0.1) is 5.60 Å². The average Bonchev–Trinajstić information content (AvgIpc) is 2.37. The minimum absolute atomic E-state index is 0.138. The molecule has 4 heteroatoms. The molecule has 2 unspecified atom stereocenters. The standard InChI is InChI=1S/C16H26N2O2/c1-4-17-12(2)14-7-6-13(10-15(14)19)18-9-5-8-16(3,20)11-18/h6-7,10,12,17,19-20H,4-5,8-9,11H2,1-3H3. The smallest absolute Gasteiger partial charge is 0.122 e. The van der Waals surface area contributed by atoms with Gasteiger partial charge in [-0.05, 0) is 39.3 Å². The molecule has 2 atom stereocenters. The number of aromatic hydroxyl groups is 1. The lowest BCUT2D eigenvalue weighted by Gasteiger charge is -2.38. The number of β-amino-alcohol motifs (C(OH)–C–C–N with tert-alkyl or cyclic N) is 1. The Morgan fingerprint density at radius 1 is 1.45 bits per heavy atom. The largest absolute Gasteiger partial charge is 0.508 e. The summed E-state index contributed by atoms with van der Waals surface area (Å²) in [5, 5.41) is 23.7. The van der Waals surface area contributed by atoms with Gasteiger partial charge in [0, 0.05) is 36.4 Å². The van der Waals surface area contributed by atoms with Crippen LogP contribution >= 0.6 is 0 Å². The van der Waals surface area contributed by atoms with Crippen LogP contribution in [-0.2, 0) is 0 Å². The van der Waals surface area contributed by atoms with Gasteiger partial charge in [-0.15, -0.1) is 0 Å². The first-order chi connectivity index (χ1) is 9.43. The number of rotatable bonds is 4. The van der Waals surface area contributed by atoms with Crippen LogP contribution in [0.4, 0.5) is 5.69 Å². The molecule has 0 spiro atoms. The van der Waals surface area contributed by atoms with E-state index in [4.69, 9.17) is 0 Å². The number of hydrogen-bond acceptors (Lipinski definition) is 4. The van der Waals surface area contributed by atoms with Crippen molar-refractivity contribution in [2.45, 2.75) is 45.3 Å². The molecule has 3 N–H and O–H groups in total. The van der Waals surface area contributed by atoms with Gasteiger partial charge in [0.25, 0.3) is 0 Å². The quantitative estimate of drug-likeness (QED) is 0.791. The third-order valence-corrected chi connectivity index (χ3v) is 4.03. The Labute approximate surface area is 121 Å². The number of nitrogens with zero attached hydrogens (tertiary/aromatic N) is 1. The van der Waals surface area contributed by atoms with Gasteiger partial charge >= 0.3 is 0 Å². The lowest BCUT2D eigenvalue weighted by atomic mass is 9.94. The molecule has 112 valence electrons. The molecular weight excluding hydrogens is 252 g/mol. The second kappa shape index (κ2) is 6.02. The highest BCUT2D eigenvalue weighted by molar-refractivity contribution is 5.54. The predicted octanol–water partition coefficient (Wildman–Crippen LogP) is 2.41. The van der Waals surface area contributed by atoms with Crippen molar-refractivity contribution in [3.8, 4) is 5.75 Å². The fourth-order valence-corrected chi connectivity index (χ4v) is 2.95. The van der Waals surface area contributed by atoms with Crippen LogP contribution < -0.4 is 10.2 Å². The van der Waals surface area contributed by atoms with E-state index in [-0.39, 0.29) is 6.04 Å². The highest BCUT2D eigenvalue weighted by Gasteiger charge is 2.28. The monoisotopic (exact) mass is 278 g/mol. The maximum Gasteiger partial charge on any atom is 0.122 e. The summed E-state index contributed by atoms with van der Waals surface area (Å²) in [5.41, 5.74) is 1.26. The number of hydrogen-bond donors (Lipinski definition) is 3. The normalized spacial score (nSPS) is 24.7. The van der Waals surface area contributed by atoms with E-state index in [9.17, 15) is 10.2 Å². The minimum Gasteiger partial charge on any atom is -0.508 e. The Morgan fingerprint density at radius 3 is 2.80 bits per heavy atom. The van der Waals surface area contributed by atoms with E-state index in [0.29, 0.717) is 12.3 Å². The van der Waals surface area contributed by atoms with Crippen molar-refractivity contribution in [3.63, 3.8) is 0 Å². The van der Waals surface area contributed by atoms with Crippen molar-refractivity contribution in [1.82, 2.24) is 5.32 Å². The molecule has 0 radical (unpaired) electrons. The van der Waals surface area contributed by atoms with Crippen molar-refractivity contribution in [1.29, 1.82) is 0 Å². The number of phenolic OH excluding ortho intramolecular Hbond substituents is 1. The van der Waals surface area contributed by atoms with Gasteiger partial charge in [-0.2, -0.15) is 0 Å². The Balaban J connectivity index is 2.16. The summed E-state index contributed by atoms with van der Waals surface area (Å²) in [6.07, 6.45) is 1.81. The summed E-state index contributed by atoms with van der Waals surface area (Å²) in [4.78, 5) is 2.14. The minimum atomic E-state index is -0.635. The zero-order chi connectivity index (χ0) is 14.8. The van der Waals surface area contributed by atoms with Crippen LogP contribution in [0.5, 0.6) is 5.75 Å². The van der Waals surface area contributed by atoms with Crippen LogP contribution in [0.2, 0.25) is 0 Å². The number of anilines is 1. The molecule has 2 rings (SSSR count). The topological polar surface area (TPSA) is 55.7 Å². The van der Waals surface area contributed by atoms with Crippen molar-refractivity contribution < 1.29 is 10.2 Å². The molecular formula is C16H26N2O2. The van der Waals surface area contributed by atoms with E-state index < -0.39 is 5.60 Å². The van der Waals surface area contributed by atoms with Crippen molar-refractivity contribution in [2.24, 2.45) is 0 Å². The lowest BCUT2D eigenvalue weighted by Crippen LogP contribution is -2.46. The van der Waals surface area contributed by atoms with E-state index >= 15 is 0 Å². The maximum atomic E-state index is 10.2. The summed E-state index contributed by atoms with van der Waals surface area (Å²) in [5.74, 6) is 0.321. The fraction of sp³-hybridized carbons (Fsp3) is 0.625. The SMILES string of the molecule is CCNC(C)c1ccc(N2CCCC(C)(O)C2)cc1O. The number of piperidine rings is 1. The van der Waals surface area contributed by atoms with Crippen molar-refractivity contribution in [3.05, 3.63) is 23.8 Å². The first-order valence-electron chi connectivity index (χ1n) is 7.46. The van der Waals surface area contributed by atoms with Gasteiger partial charge in [-0.25, -0.2) is 0 Å². The van der Waals surface area contributed by atoms with Crippen LogP contribution in [0.3, 0.4) is 0 Å². The zero-order valence-electron chi connectivity index (χ0n) is 12.7. The summed E-state index contributed by atoms with van der Waals surface area (Å²) in [6.45, 7) is 8.39. The average molecular weight is 278 g/mol. The first kappa shape index (κ1) is 15.1. The van der Waals surface area contributed by atoms with Gasteiger partial charge in [-0.1, -0.05) is 13.0 Å². The van der Waals surface area contributed by atoms with Crippen LogP contribution in [0, 0.1) is 0 Å². The Bertz CT molecular complexity index is 460. The first-order valence-corrected chi connectivity index (χ1v) is 7.46. The summed E-state index contributed by atoms with van der Waals surface area (Å²) in [7, 11) is 0. The Hall–Kier alpha value is -1.26. The van der Waals surface area contributed by atoms with Crippen molar-refractivity contribution in [2.75, 3.05) is 24.5 Å².